The van der Waals surface area contributed by atoms with Gasteiger partial charge in [-0.3, -0.25) is 9.59 Å². The molecule has 0 saturated carbocycles. The molecule has 0 bridgehead atoms. The van der Waals surface area contributed by atoms with Crippen LogP contribution in [0.5, 0.6) is 0 Å². The number of hydrogen-bond acceptors (Lipinski definition) is 2. The Kier molecular flexibility index (Phi) is 5.84. The number of rotatable bonds is 2. The number of halogens is 6. The van der Waals surface area contributed by atoms with Crippen molar-refractivity contribution < 1.29 is 35.9 Å². The van der Waals surface area contributed by atoms with Crippen molar-refractivity contribution in [3.63, 3.8) is 0 Å². The van der Waals surface area contributed by atoms with Crippen molar-refractivity contribution in [1.29, 1.82) is 0 Å². The molecule has 0 aromatic heterocycles. The molecule has 0 aromatic carbocycles. The van der Waals surface area contributed by atoms with Crippen molar-refractivity contribution in [1.82, 2.24) is 10.6 Å². The fourth-order valence-corrected chi connectivity index (χ4v) is 2.04. The molecule has 0 radical (unpaired) electrons. The van der Waals surface area contributed by atoms with Gasteiger partial charge in [-0.15, -0.1) is 0 Å². The van der Waals surface area contributed by atoms with E-state index < -0.39 is 36.3 Å². The van der Waals surface area contributed by atoms with Gasteiger partial charge in [0.15, 0.2) is 0 Å². The van der Waals surface area contributed by atoms with E-state index in [0.29, 0.717) is 0 Å². The third-order valence-electron chi connectivity index (χ3n) is 3.09. The first-order valence-corrected chi connectivity index (χ1v) is 6.42. The van der Waals surface area contributed by atoms with Gasteiger partial charge < -0.3 is 10.6 Å². The maximum atomic E-state index is 12.3. The Hall–Kier alpha value is -1.74. The van der Waals surface area contributed by atoms with Gasteiger partial charge in [0.25, 0.3) is 0 Å². The molecule has 126 valence electrons. The zero-order valence-corrected chi connectivity index (χ0v) is 11.2. The molecule has 0 heterocycles. The quantitative estimate of drug-likeness (QED) is 0.602. The fourth-order valence-electron chi connectivity index (χ4n) is 2.04. The Labute approximate surface area is 121 Å². The van der Waals surface area contributed by atoms with Crippen molar-refractivity contribution in [2.24, 2.45) is 0 Å². The zero-order valence-electron chi connectivity index (χ0n) is 11.2. The summed E-state index contributed by atoms with van der Waals surface area (Å²) in [5.74, 6) is -4.48. The third kappa shape index (κ3) is 5.57. The number of amides is 2. The summed E-state index contributed by atoms with van der Waals surface area (Å²) in [6.45, 7) is 0. The molecule has 0 aromatic rings. The molecule has 0 aliphatic heterocycles. The summed E-state index contributed by atoms with van der Waals surface area (Å²) >= 11 is 0. The molecular weight excluding hydrogens is 318 g/mol. The van der Waals surface area contributed by atoms with Crippen LogP contribution in [0.1, 0.15) is 25.7 Å². The Morgan fingerprint density at radius 2 is 1.09 bits per heavy atom. The number of hydrogen-bond donors (Lipinski definition) is 2. The Balaban J connectivity index is 2.84. The minimum atomic E-state index is -5.14. The number of alkyl halides is 6. The molecule has 10 heteroatoms. The van der Waals surface area contributed by atoms with E-state index >= 15 is 0 Å². The molecule has 0 spiro atoms. The van der Waals surface area contributed by atoms with E-state index in [9.17, 15) is 35.9 Å². The second kappa shape index (κ2) is 7.01. The molecule has 2 atom stereocenters. The minimum Gasteiger partial charge on any atom is -0.343 e. The zero-order chi connectivity index (χ0) is 17.0. The monoisotopic (exact) mass is 332 g/mol. The van der Waals surface area contributed by atoms with E-state index in [2.05, 4.69) is 0 Å². The molecule has 0 fully saturated rings. The Morgan fingerprint density at radius 3 is 1.36 bits per heavy atom. The van der Waals surface area contributed by atoms with Gasteiger partial charge in [0, 0.05) is 12.1 Å². The second-order valence-electron chi connectivity index (χ2n) is 4.78. The fraction of sp³-hybridized carbons (Fsp3) is 0.667. The highest BCUT2D eigenvalue weighted by Crippen LogP contribution is 2.20. The predicted octanol–water partition coefficient (Wildman–Crippen LogP) is 2.21. The lowest BCUT2D eigenvalue weighted by molar-refractivity contribution is -0.176. The number of nitrogens with one attached hydrogen (secondary N) is 2. The van der Waals surface area contributed by atoms with Crippen LogP contribution >= 0.6 is 0 Å². The number of carbonyl (C=O) groups excluding carboxylic acids is 2. The highest BCUT2D eigenvalue weighted by Gasteiger charge is 2.43. The van der Waals surface area contributed by atoms with Gasteiger partial charge in [-0.1, -0.05) is 12.2 Å². The van der Waals surface area contributed by atoms with E-state index in [1.54, 1.807) is 22.8 Å². The summed E-state index contributed by atoms with van der Waals surface area (Å²) in [5, 5.41) is 3.31. The smallest absolute Gasteiger partial charge is 0.343 e. The first-order chi connectivity index (χ1) is 10.0. The van der Waals surface area contributed by atoms with Crippen molar-refractivity contribution >= 4 is 11.8 Å². The molecule has 2 N–H and O–H groups in total. The van der Waals surface area contributed by atoms with Gasteiger partial charge in [0.05, 0.1) is 0 Å². The maximum absolute atomic E-state index is 12.3. The maximum Gasteiger partial charge on any atom is 0.471 e. The van der Waals surface area contributed by atoms with Gasteiger partial charge >= 0.3 is 24.2 Å². The topological polar surface area (TPSA) is 58.2 Å². The lowest BCUT2D eigenvalue weighted by atomic mass is 9.95. The number of allylic oxidation sites excluding steroid dienone is 2. The average molecular weight is 332 g/mol. The molecule has 0 saturated heterocycles. The summed E-state index contributed by atoms with van der Waals surface area (Å²) in [6.07, 6.45) is -6.43. The lowest BCUT2D eigenvalue weighted by Gasteiger charge is -2.30. The van der Waals surface area contributed by atoms with Gasteiger partial charge in [0.1, 0.15) is 0 Å². The number of carbonyl (C=O) groups is 2. The van der Waals surface area contributed by atoms with Gasteiger partial charge in [-0.25, -0.2) is 0 Å². The first kappa shape index (κ1) is 18.3. The minimum absolute atomic E-state index is 0.0128. The average Bonchev–Trinajstić information content (AvgIpc) is 2.34. The molecule has 22 heavy (non-hydrogen) atoms. The van der Waals surface area contributed by atoms with Crippen molar-refractivity contribution in [2.45, 2.75) is 50.1 Å². The lowest BCUT2D eigenvalue weighted by Crippen LogP contribution is -2.56. The van der Waals surface area contributed by atoms with Crippen LogP contribution < -0.4 is 10.6 Å². The van der Waals surface area contributed by atoms with E-state index in [0.717, 1.165) is 0 Å². The van der Waals surface area contributed by atoms with Crippen LogP contribution in [-0.2, 0) is 9.59 Å². The molecule has 4 nitrogen and oxygen atoms in total. The first-order valence-electron chi connectivity index (χ1n) is 6.42. The summed E-state index contributed by atoms with van der Waals surface area (Å²) < 4.78 is 73.6. The normalized spacial score (nSPS) is 24.8. The van der Waals surface area contributed by atoms with E-state index in [-0.39, 0.29) is 25.7 Å². The van der Waals surface area contributed by atoms with Crippen molar-refractivity contribution in [3.05, 3.63) is 12.2 Å². The SMILES string of the molecule is O=C(N[C@@H]1CC/C=C/CC[C@H]1NC(=O)C(F)(F)F)C(F)(F)F. The van der Waals surface area contributed by atoms with Gasteiger partial charge in [-0.05, 0) is 25.7 Å². The van der Waals surface area contributed by atoms with Crippen LogP contribution in [-0.4, -0.2) is 36.3 Å². The predicted molar refractivity (Wildman–Crippen MR) is 63.6 cm³/mol. The summed E-state index contributed by atoms with van der Waals surface area (Å²) in [5.41, 5.74) is 0. The largest absolute Gasteiger partial charge is 0.471 e. The summed E-state index contributed by atoms with van der Waals surface area (Å²) in [7, 11) is 0. The van der Waals surface area contributed by atoms with E-state index in [1.807, 2.05) is 0 Å². The molecule has 1 rings (SSSR count). The van der Waals surface area contributed by atoms with Crippen LogP contribution in [0.25, 0.3) is 0 Å². The second-order valence-corrected chi connectivity index (χ2v) is 4.78. The summed E-state index contributed by atoms with van der Waals surface area (Å²) in [6, 6.07) is -2.46. The molecule has 1 aliphatic carbocycles. The highest BCUT2D eigenvalue weighted by atomic mass is 19.4. The Morgan fingerprint density at radius 1 is 0.773 bits per heavy atom. The summed E-state index contributed by atoms with van der Waals surface area (Å²) in [4.78, 5) is 21.9. The highest BCUT2D eigenvalue weighted by molar-refractivity contribution is 5.83. The van der Waals surface area contributed by atoms with Crippen LogP contribution in [0.3, 0.4) is 0 Å². The van der Waals surface area contributed by atoms with Crippen LogP contribution in [0.15, 0.2) is 12.2 Å². The van der Waals surface area contributed by atoms with Crippen LogP contribution in [0.4, 0.5) is 26.3 Å². The molecule has 0 unspecified atom stereocenters. The molecular formula is C12H14F6N2O2. The van der Waals surface area contributed by atoms with E-state index in [4.69, 9.17) is 0 Å². The van der Waals surface area contributed by atoms with Gasteiger partial charge in [-0.2, -0.15) is 26.3 Å². The Bertz CT molecular complexity index is 404. The van der Waals surface area contributed by atoms with Crippen molar-refractivity contribution in [2.75, 3.05) is 0 Å². The molecule has 1 aliphatic rings. The standard InChI is InChI=1S/C12H14F6N2O2/c13-11(14,15)9(21)19-7-5-3-1-2-4-6-8(7)20-10(22)12(16,17)18/h1-2,7-8H,3-6H2,(H,19,21)(H,20,22)/b2-1+/t7-,8-/m1/s1. The molecule has 2 amide bonds. The van der Waals surface area contributed by atoms with Crippen LogP contribution in [0.2, 0.25) is 0 Å². The van der Waals surface area contributed by atoms with E-state index in [1.165, 1.54) is 0 Å². The third-order valence-corrected chi connectivity index (χ3v) is 3.09. The van der Waals surface area contributed by atoms with Crippen molar-refractivity contribution in [3.8, 4) is 0 Å². The van der Waals surface area contributed by atoms with Crippen LogP contribution in [0, 0.1) is 0 Å². The van der Waals surface area contributed by atoms with Gasteiger partial charge in [0.2, 0.25) is 0 Å².